The first-order valence-corrected chi connectivity index (χ1v) is 7.70. The maximum absolute atomic E-state index is 11.5. The summed E-state index contributed by atoms with van der Waals surface area (Å²) < 4.78 is 10.4. The van der Waals surface area contributed by atoms with Crippen LogP contribution in [0.1, 0.15) is 0 Å². The van der Waals surface area contributed by atoms with E-state index in [2.05, 4.69) is 24.7 Å². The summed E-state index contributed by atoms with van der Waals surface area (Å²) in [5.41, 5.74) is 2.60. The lowest BCUT2D eigenvalue weighted by molar-refractivity contribution is 0.202. The highest BCUT2D eigenvalue weighted by molar-refractivity contribution is 7.16. The monoisotopic (exact) mass is 327 g/mol. The third-order valence-electron chi connectivity index (χ3n) is 3.08. The van der Waals surface area contributed by atoms with Crippen LogP contribution in [0.25, 0.3) is 22.5 Å². The lowest BCUT2D eigenvalue weighted by atomic mass is 10.1. The summed E-state index contributed by atoms with van der Waals surface area (Å²) in [4.78, 5) is 15.7. The van der Waals surface area contributed by atoms with Gasteiger partial charge in [-0.2, -0.15) is 0 Å². The van der Waals surface area contributed by atoms with Crippen molar-refractivity contribution in [2.75, 3.05) is 6.29 Å². The van der Waals surface area contributed by atoms with Crippen LogP contribution in [0.2, 0.25) is 0 Å². The number of carbonyl (C=O) groups is 1. The van der Waals surface area contributed by atoms with Gasteiger partial charge in [-0.3, -0.25) is 4.98 Å². The Balaban J connectivity index is 1.87. The number of amides is 1. The van der Waals surface area contributed by atoms with E-state index in [0.717, 1.165) is 16.7 Å². The highest BCUT2D eigenvalue weighted by Crippen LogP contribution is 2.27. The molecule has 1 atom stereocenters. The van der Waals surface area contributed by atoms with Gasteiger partial charge in [0.15, 0.2) is 5.76 Å². The van der Waals surface area contributed by atoms with Gasteiger partial charge in [-0.15, -0.1) is 9.24 Å². The second-order valence-corrected chi connectivity index (χ2v) is 5.05. The van der Waals surface area contributed by atoms with E-state index in [1.54, 1.807) is 36.8 Å². The number of hydrogen-bond donors (Lipinski definition) is 1. The fourth-order valence-corrected chi connectivity index (χ4v) is 2.23. The van der Waals surface area contributed by atoms with Gasteiger partial charge in [0.05, 0.1) is 6.20 Å². The van der Waals surface area contributed by atoms with Crippen LogP contribution in [0.3, 0.4) is 0 Å². The van der Waals surface area contributed by atoms with E-state index in [1.165, 1.54) is 0 Å². The quantitative estimate of drug-likeness (QED) is 0.744. The lowest BCUT2D eigenvalue weighted by Crippen LogP contribution is -2.25. The predicted molar refractivity (Wildman–Crippen MR) is 88.9 cm³/mol. The molecular weight excluding hydrogens is 313 g/mol. The van der Waals surface area contributed by atoms with Crippen molar-refractivity contribution in [2.24, 2.45) is 0 Å². The van der Waals surface area contributed by atoms with Crippen LogP contribution in [0.15, 0.2) is 59.5 Å². The molecule has 0 saturated carbocycles. The molecule has 1 amide bonds. The first-order chi connectivity index (χ1) is 11.3. The smallest absolute Gasteiger partial charge is 0.410 e. The molecule has 0 aliphatic carbocycles. The summed E-state index contributed by atoms with van der Waals surface area (Å²) in [6, 6.07) is 11.0. The van der Waals surface area contributed by atoms with Crippen molar-refractivity contribution in [2.45, 2.75) is 0 Å². The van der Waals surface area contributed by atoms with Gasteiger partial charge in [0.25, 0.3) is 0 Å². The fourth-order valence-electron chi connectivity index (χ4n) is 2.06. The molecule has 116 valence electrons. The topological polar surface area (TPSA) is 77.2 Å². The fraction of sp³-hybridized carbons (Fsp3) is 0.0625. The maximum atomic E-state index is 11.5. The summed E-state index contributed by atoms with van der Waals surface area (Å²) in [5, 5.41) is 6.25. The number of pyridine rings is 1. The Bertz CT molecular complexity index is 806. The van der Waals surface area contributed by atoms with Crippen molar-refractivity contribution < 1.29 is 14.1 Å². The third kappa shape index (κ3) is 3.73. The SMILES string of the molecule is O=C(NCP)Oc1cccc(-c2cncc(-c3ccno3)c2)c1. The molecule has 23 heavy (non-hydrogen) atoms. The lowest BCUT2D eigenvalue weighted by Gasteiger charge is -2.07. The zero-order valence-corrected chi connectivity index (χ0v) is 13.3. The molecule has 0 aliphatic heterocycles. The number of nitrogens with zero attached hydrogens (tertiary/aromatic N) is 2. The minimum absolute atomic E-state index is 0.432. The maximum Gasteiger partial charge on any atom is 0.412 e. The van der Waals surface area contributed by atoms with Crippen molar-refractivity contribution in [1.29, 1.82) is 0 Å². The minimum atomic E-state index is -0.495. The van der Waals surface area contributed by atoms with Crippen LogP contribution in [0, 0.1) is 0 Å². The Morgan fingerprint density at radius 2 is 2.04 bits per heavy atom. The number of aromatic nitrogens is 2. The number of nitrogens with one attached hydrogen (secondary N) is 1. The van der Waals surface area contributed by atoms with Gasteiger partial charge in [-0.1, -0.05) is 17.3 Å². The van der Waals surface area contributed by atoms with Crippen molar-refractivity contribution in [3.8, 4) is 28.2 Å². The van der Waals surface area contributed by atoms with Crippen LogP contribution in [0.4, 0.5) is 4.79 Å². The number of rotatable bonds is 4. The summed E-state index contributed by atoms with van der Waals surface area (Å²) >= 11 is 0. The van der Waals surface area contributed by atoms with Gasteiger partial charge >= 0.3 is 6.09 Å². The minimum Gasteiger partial charge on any atom is -0.410 e. The average Bonchev–Trinajstić information content (AvgIpc) is 3.10. The van der Waals surface area contributed by atoms with E-state index in [1.807, 2.05) is 18.2 Å². The molecule has 1 aromatic carbocycles. The van der Waals surface area contributed by atoms with Crippen LogP contribution in [-0.2, 0) is 0 Å². The highest BCUT2D eigenvalue weighted by atomic mass is 31.0. The first-order valence-electron chi connectivity index (χ1n) is 6.88. The van der Waals surface area contributed by atoms with E-state index in [0.29, 0.717) is 17.8 Å². The molecule has 0 bridgehead atoms. The normalized spacial score (nSPS) is 10.3. The second-order valence-electron chi connectivity index (χ2n) is 4.64. The van der Waals surface area contributed by atoms with E-state index in [9.17, 15) is 4.79 Å². The summed E-state index contributed by atoms with van der Waals surface area (Å²) in [5.74, 6) is 1.11. The molecular formula is C16H14N3O3P. The van der Waals surface area contributed by atoms with Crippen molar-refractivity contribution in [3.63, 3.8) is 0 Å². The third-order valence-corrected chi connectivity index (χ3v) is 3.29. The van der Waals surface area contributed by atoms with Gasteiger partial charge < -0.3 is 14.6 Å². The number of ether oxygens (including phenoxy) is 1. The molecule has 2 heterocycles. The Morgan fingerprint density at radius 3 is 2.83 bits per heavy atom. The van der Waals surface area contributed by atoms with Crippen LogP contribution in [0.5, 0.6) is 5.75 Å². The van der Waals surface area contributed by atoms with E-state index < -0.39 is 6.09 Å². The Kier molecular flexibility index (Phi) is 4.64. The van der Waals surface area contributed by atoms with Crippen molar-refractivity contribution in [3.05, 3.63) is 55.0 Å². The summed E-state index contributed by atoms with van der Waals surface area (Å²) in [7, 11) is 2.40. The van der Waals surface area contributed by atoms with E-state index >= 15 is 0 Å². The molecule has 0 radical (unpaired) electrons. The number of benzene rings is 1. The standard InChI is InChI=1S/C16H14N3O3P/c20-16(18-10-23)21-14-3-1-2-11(7-14)12-6-13(9-17-8-12)15-4-5-19-22-15/h1-9H,10,23H2,(H,18,20). The second kappa shape index (κ2) is 7.03. The van der Waals surface area contributed by atoms with E-state index in [-0.39, 0.29) is 0 Å². The number of carbonyl (C=O) groups excluding carboxylic acids is 1. The van der Waals surface area contributed by atoms with Crippen LogP contribution in [-0.4, -0.2) is 22.5 Å². The highest BCUT2D eigenvalue weighted by Gasteiger charge is 2.08. The zero-order chi connectivity index (χ0) is 16.1. The number of hydrogen-bond acceptors (Lipinski definition) is 5. The van der Waals surface area contributed by atoms with E-state index in [4.69, 9.17) is 9.26 Å². The molecule has 0 saturated heterocycles. The molecule has 1 unspecified atom stereocenters. The van der Waals surface area contributed by atoms with Crippen LogP contribution >= 0.6 is 9.24 Å². The molecule has 7 heteroatoms. The molecule has 0 aliphatic rings. The molecule has 1 N–H and O–H groups in total. The first kappa shape index (κ1) is 15.2. The molecule has 6 nitrogen and oxygen atoms in total. The molecule has 0 spiro atoms. The molecule has 0 fully saturated rings. The van der Waals surface area contributed by atoms with Gasteiger partial charge in [0.2, 0.25) is 0 Å². The van der Waals surface area contributed by atoms with Crippen molar-refractivity contribution >= 4 is 15.3 Å². The van der Waals surface area contributed by atoms with Gasteiger partial charge in [-0.25, -0.2) is 4.79 Å². The van der Waals surface area contributed by atoms with Crippen LogP contribution < -0.4 is 10.1 Å². The largest absolute Gasteiger partial charge is 0.412 e. The van der Waals surface area contributed by atoms with Gasteiger partial charge in [-0.05, 0) is 23.8 Å². The molecule has 3 aromatic rings. The summed E-state index contributed by atoms with van der Waals surface area (Å²) in [6.07, 6.45) is 4.96. The zero-order valence-electron chi connectivity index (χ0n) is 12.1. The van der Waals surface area contributed by atoms with Gasteiger partial charge in [0, 0.05) is 35.9 Å². The van der Waals surface area contributed by atoms with Crippen molar-refractivity contribution in [1.82, 2.24) is 15.5 Å². The summed E-state index contributed by atoms with van der Waals surface area (Å²) in [6.45, 7) is 0. The molecule has 3 rings (SSSR count). The predicted octanol–water partition coefficient (Wildman–Crippen LogP) is 3.32. The average molecular weight is 327 g/mol. The Morgan fingerprint density at radius 1 is 1.17 bits per heavy atom. The Labute approximate surface area is 135 Å². The van der Waals surface area contributed by atoms with Gasteiger partial charge in [0.1, 0.15) is 5.75 Å². The Hall–Kier alpha value is -2.72. The molecule has 2 aromatic heterocycles.